The van der Waals surface area contributed by atoms with E-state index in [-0.39, 0.29) is 0 Å². The monoisotopic (exact) mass is 294 g/mol. The number of ether oxygens (including phenoxy) is 1. The number of hydrogen-bond acceptors (Lipinski definition) is 3. The van der Waals surface area contributed by atoms with Crippen LogP contribution in [0.5, 0.6) is 0 Å². The van der Waals surface area contributed by atoms with Gasteiger partial charge in [-0.05, 0) is 40.8 Å². The maximum atomic E-state index is 6.06. The Kier molecular flexibility index (Phi) is 4.41. The molecule has 0 radical (unpaired) electrons. The van der Waals surface area contributed by atoms with Gasteiger partial charge < -0.3 is 19.9 Å². The molecule has 0 amide bonds. The van der Waals surface area contributed by atoms with Crippen molar-refractivity contribution in [2.24, 2.45) is 16.8 Å². The predicted molar refractivity (Wildman–Crippen MR) is 85.6 cm³/mol. The Morgan fingerprint density at radius 3 is 2.43 bits per heavy atom. The van der Waals surface area contributed by atoms with E-state index in [1.54, 1.807) is 0 Å². The highest BCUT2D eigenvalue weighted by Gasteiger charge is 2.53. The zero-order valence-electron chi connectivity index (χ0n) is 13.9. The first kappa shape index (κ1) is 15.1. The molecule has 0 aromatic carbocycles. The molecule has 3 saturated heterocycles. The molecule has 5 unspecified atom stereocenters. The predicted octanol–water partition coefficient (Wildman–Crippen LogP) is 1.01. The minimum Gasteiger partial charge on any atom is -0.374 e. The number of nitrogens with zero attached hydrogens (tertiary/aromatic N) is 3. The van der Waals surface area contributed by atoms with Gasteiger partial charge in [0.2, 0.25) is 0 Å². The van der Waals surface area contributed by atoms with E-state index >= 15 is 0 Å². The van der Waals surface area contributed by atoms with Crippen LogP contribution in [0.2, 0.25) is 0 Å². The van der Waals surface area contributed by atoms with Gasteiger partial charge in [0.05, 0.1) is 18.8 Å². The van der Waals surface area contributed by atoms with Crippen LogP contribution < -0.4 is 5.32 Å². The summed E-state index contributed by atoms with van der Waals surface area (Å²) in [6, 6.07) is 0.472. The van der Waals surface area contributed by atoms with Crippen LogP contribution in [0.1, 0.15) is 26.7 Å². The molecular weight excluding hydrogens is 264 g/mol. The van der Waals surface area contributed by atoms with Gasteiger partial charge in [-0.25, -0.2) is 0 Å². The molecule has 0 aromatic rings. The lowest BCUT2D eigenvalue weighted by Gasteiger charge is -2.25. The Morgan fingerprint density at radius 1 is 1.29 bits per heavy atom. The van der Waals surface area contributed by atoms with E-state index in [4.69, 9.17) is 9.73 Å². The molecule has 0 aromatic heterocycles. The van der Waals surface area contributed by atoms with Gasteiger partial charge in [-0.2, -0.15) is 0 Å². The van der Waals surface area contributed by atoms with Gasteiger partial charge in [0, 0.05) is 37.5 Å². The first-order valence-electron chi connectivity index (χ1n) is 8.45. The zero-order chi connectivity index (χ0) is 15.0. The molecule has 0 aliphatic carbocycles. The molecule has 0 spiro atoms. The molecule has 2 bridgehead atoms. The lowest BCUT2D eigenvalue weighted by atomic mass is 9.82. The van der Waals surface area contributed by atoms with Crippen molar-refractivity contribution >= 4 is 5.96 Å². The summed E-state index contributed by atoms with van der Waals surface area (Å²) in [7, 11) is 4.23. The molecule has 1 N–H and O–H groups in total. The number of likely N-dealkylation sites (N-methyl/N-ethyl adjacent to an activating group) is 1. The minimum absolute atomic E-state index is 0.472. The van der Waals surface area contributed by atoms with Crippen molar-refractivity contribution in [2.75, 3.05) is 40.3 Å². The van der Waals surface area contributed by atoms with Crippen LogP contribution in [0, 0.1) is 11.8 Å². The second kappa shape index (κ2) is 6.13. The van der Waals surface area contributed by atoms with Gasteiger partial charge >= 0.3 is 0 Å². The smallest absolute Gasteiger partial charge is 0.193 e. The van der Waals surface area contributed by atoms with Gasteiger partial charge in [-0.3, -0.25) is 4.99 Å². The lowest BCUT2D eigenvalue weighted by Crippen LogP contribution is -2.42. The summed E-state index contributed by atoms with van der Waals surface area (Å²) < 4.78 is 6.06. The molecule has 3 fully saturated rings. The normalized spacial score (nSPS) is 36.4. The molecule has 3 rings (SSSR count). The highest BCUT2D eigenvalue weighted by molar-refractivity contribution is 5.80. The fourth-order valence-corrected chi connectivity index (χ4v) is 3.94. The fraction of sp³-hybridized carbons (Fsp3) is 0.938. The van der Waals surface area contributed by atoms with E-state index < -0.39 is 0 Å². The number of aliphatic imine (C=N–C) groups is 1. The Hall–Kier alpha value is -0.810. The largest absolute Gasteiger partial charge is 0.374 e. The van der Waals surface area contributed by atoms with Crippen LogP contribution in [-0.2, 0) is 4.74 Å². The minimum atomic E-state index is 0.472. The number of rotatable bonds is 4. The first-order valence-corrected chi connectivity index (χ1v) is 8.45. The second-order valence-corrected chi connectivity index (χ2v) is 7.03. The Balaban J connectivity index is 1.64. The number of nitrogens with one attached hydrogen (secondary N) is 1. The second-order valence-electron chi connectivity index (χ2n) is 7.03. The lowest BCUT2D eigenvalue weighted by molar-refractivity contribution is 0.0767. The Labute approximate surface area is 128 Å². The van der Waals surface area contributed by atoms with Crippen molar-refractivity contribution in [3.05, 3.63) is 0 Å². The van der Waals surface area contributed by atoms with Crippen molar-refractivity contribution in [3.8, 4) is 0 Å². The number of guanidine groups is 1. The van der Waals surface area contributed by atoms with Crippen LogP contribution in [0.25, 0.3) is 0 Å². The number of hydrogen-bond donors (Lipinski definition) is 1. The van der Waals surface area contributed by atoms with Crippen molar-refractivity contribution in [1.29, 1.82) is 0 Å². The average molecular weight is 294 g/mol. The van der Waals surface area contributed by atoms with Gasteiger partial charge in [0.1, 0.15) is 0 Å². The summed E-state index contributed by atoms with van der Waals surface area (Å²) in [4.78, 5) is 9.55. The molecule has 21 heavy (non-hydrogen) atoms. The number of likely N-dealkylation sites (tertiary alicyclic amines) is 1. The van der Waals surface area contributed by atoms with Crippen LogP contribution in [-0.4, -0.2) is 74.3 Å². The van der Waals surface area contributed by atoms with Crippen molar-refractivity contribution in [1.82, 2.24) is 15.1 Å². The average Bonchev–Trinajstić information content (AvgIpc) is 3.13. The third kappa shape index (κ3) is 2.90. The molecular formula is C16H30N4O. The van der Waals surface area contributed by atoms with Crippen LogP contribution in [0.15, 0.2) is 4.99 Å². The zero-order valence-corrected chi connectivity index (χ0v) is 13.9. The summed E-state index contributed by atoms with van der Waals surface area (Å²) in [6.07, 6.45) is 3.58. The summed E-state index contributed by atoms with van der Waals surface area (Å²) >= 11 is 0. The van der Waals surface area contributed by atoms with Gasteiger partial charge in [-0.1, -0.05) is 0 Å². The van der Waals surface area contributed by atoms with Crippen LogP contribution >= 0.6 is 0 Å². The van der Waals surface area contributed by atoms with E-state index in [0.29, 0.717) is 18.2 Å². The highest BCUT2D eigenvalue weighted by atomic mass is 16.5. The third-order valence-electron chi connectivity index (χ3n) is 5.47. The van der Waals surface area contributed by atoms with E-state index in [1.165, 1.54) is 12.8 Å². The van der Waals surface area contributed by atoms with Crippen molar-refractivity contribution < 1.29 is 4.74 Å². The molecule has 5 heteroatoms. The van der Waals surface area contributed by atoms with Crippen LogP contribution in [0.3, 0.4) is 0 Å². The molecule has 3 aliphatic heterocycles. The third-order valence-corrected chi connectivity index (χ3v) is 5.47. The van der Waals surface area contributed by atoms with Crippen LogP contribution in [0.4, 0.5) is 0 Å². The van der Waals surface area contributed by atoms with E-state index in [0.717, 1.165) is 44.0 Å². The molecule has 3 heterocycles. The summed E-state index contributed by atoms with van der Waals surface area (Å²) in [5, 5.41) is 3.47. The standard InChI is InChI=1S/C16H30N4O/c1-5-17-16(18-8-11(2)19(3)4)20-9-12-13(10-20)15-7-6-14(12)21-15/h11-15H,5-10H2,1-4H3,(H,17,18). The fourth-order valence-electron chi connectivity index (χ4n) is 3.94. The molecule has 5 nitrogen and oxygen atoms in total. The molecule has 3 aliphatic rings. The first-order chi connectivity index (χ1) is 10.1. The Morgan fingerprint density at radius 2 is 1.90 bits per heavy atom. The molecule has 5 atom stereocenters. The summed E-state index contributed by atoms with van der Waals surface area (Å²) in [5.74, 6) is 2.57. The van der Waals surface area contributed by atoms with Gasteiger partial charge in [0.15, 0.2) is 5.96 Å². The quantitative estimate of drug-likeness (QED) is 0.620. The van der Waals surface area contributed by atoms with Gasteiger partial charge in [0.25, 0.3) is 0 Å². The SMILES string of the molecule is CCNC(=NCC(C)N(C)C)N1CC2C3CCC(O3)C2C1. The van der Waals surface area contributed by atoms with Crippen molar-refractivity contribution in [3.63, 3.8) is 0 Å². The molecule has 0 saturated carbocycles. The summed E-state index contributed by atoms with van der Waals surface area (Å²) in [6.45, 7) is 8.39. The highest BCUT2D eigenvalue weighted by Crippen LogP contribution is 2.47. The maximum absolute atomic E-state index is 6.06. The van der Waals surface area contributed by atoms with E-state index in [1.807, 2.05) is 0 Å². The topological polar surface area (TPSA) is 40.1 Å². The van der Waals surface area contributed by atoms with E-state index in [9.17, 15) is 0 Å². The summed E-state index contributed by atoms with van der Waals surface area (Å²) in [5.41, 5.74) is 0. The van der Waals surface area contributed by atoms with Gasteiger partial charge in [-0.15, -0.1) is 0 Å². The van der Waals surface area contributed by atoms with E-state index in [2.05, 4.69) is 43.1 Å². The Bertz CT molecular complexity index is 380. The maximum Gasteiger partial charge on any atom is 0.193 e. The van der Waals surface area contributed by atoms with Crippen molar-refractivity contribution in [2.45, 2.75) is 44.9 Å². The number of fused-ring (bicyclic) bond motifs is 5. The molecule has 120 valence electrons.